The number of hydrogen-bond acceptors (Lipinski definition) is 1. The van der Waals surface area contributed by atoms with Gasteiger partial charge in [-0.1, -0.05) is 44.0 Å². The highest BCUT2D eigenvalue weighted by atomic mass is 127. The Balaban J connectivity index is 0.00000289. The van der Waals surface area contributed by atoms with Gasteiger partial charge in [-0.15, -0.1) is 35.6 Å². The molecule has 0 spiro atoms. The van der Waals surface area contributed by atoms with Crippen molar-refractivity contribution >= 4 is 35.6 Å². The van der Waals surface area contributed by atoms with E-state index in [4.69, 9.17) is 17.3 Å². The maximum atomic E-state index is 6.30. The maximum Gasteiger partial charge on any atom is 0.0474 e. The Morgan fingerprint density at radius 2 is 1.78 bits per heavy atom. The fraction of sp³-hybridized carbons (Fsp3) is 0.600. The summed E-state index contributed by atoms with van der Waals surface area (Å²) in [5.74, 6) is 0.998. The summed E-state index contributed by atoms with van der Waals surface area (Å²) in [6, 6.07) is 8.55. The van der Waals surface area contributed by atoms with E-state index in [9.17, 15) is 0 Å². The van der Waals surface area contributed by atoms with E-state index >= 15 is 0 Å². The van der Waals surface area contributed by atoms with Crippen molar-refractivity contribution in [3.8, 4) is 0 Å². The quantitative estimate of drug-likeness (QED) is 0.541. The third kappa shape index (κ3) is 5.45. The molecule has 2 N–H and O–H groups in total. The Hall–Kier alpha value is 0.200. The van der Waals surface area contributed by atoms with Gasteiger partial charge in [0.2, 0.25) is 0 Å². The van der Waals surface area contributed by atoms with Crippen molar-refractivity contribution in [2.45, 2.75) is 57.4 Å². The van der Waals surface area contributed by atoms with Crippen LogP contribution in [0.5, 0.6) is 0 Å². The molecule has 0 heterocycles. The fourth-order valence-corrected chi connectivity index (χ4v) is 2.39. The second-order valence-electron chi connectivity index (χ2n) is 5.39. The van der Waals surface area contributed by atoms with Crippen LogP contribution in [0.25, 0.3) is 0 Å². The Morgan fingerprint density at radius 3 is 2.17 bits per heavy atom. The van der Waals surface area contributed by atoms with Crippen LogP contribution in [0.15, 0.2) is 24.3 Å². The predicted octanol–water partition coefficient (Wildman–Crippen LogP) is 5.05. The molecule has 1 rings (SSSR count). The standard InChI is InChI=1S/C15H24ClN.HI/c1-4-5-6-14(15(2,3)17)13-9-7-12(11-16)8-10-13;/h7-10,14H,4-6,11,17H2,1-3H3;1H. The summed E-state index contributed by atoms with van der Waals surface area (Å²) >= 11 is 5.81. The monoisotopic (exact) mass is 381 g/mol. The van der Waals surface area contributed by atoms with Crippen LogP contribution in [0.3, 0.4) is 0 Å². The van der Waals surface area contributed by atoms with Gasteiger partial charge in [0.05, 0.1) is 0 Å². The van der Waals surface area contributed by atoms with Crippen molar-refractivity contribution in [3.63, 3.8) is 0 Å². The maximum absolute atomic E-state index is 6.30. The minimum atomic E-state index is -0.169. The van der Waals surface area contributed by atoms with Crippen LogP contribution in [0, 0.1) is 0 Å². The van der Waals surface area contributed by atoms with Crippen molar-refractivity contribution in [1.82, 2.24) is 0 Å². The van der Waals surface area contributed by atoms with E-state index in [-0.39, 0.29) is 29.5 Å². The number of hydrogen-bond donors (Lipinski definition) is 1. The zero-order valence-corrected chi connectivity index (χ0v) is 14.7. The molecule has 0 amide bonds. The summed E-state index contributed by atoms with van der Waals surface area (Å²) in [5, 5.41) is 0. The molecule has 0 aliphatic rings. The minimum absolute atomic E-state index is 0. The van der Waals surface area contributed by atoms with Crippen molar-refractivity contribution in [1.29, 1.82) is 0 Å². The summed E-state index contributed by atoms with van der Waals surface area (Å²) in [5.41, 5.74) is 8.63. The van der Waals surface area contributed by atoms with E-state index in [2.05, 4.69) is 45.0 Å². The fourth-order valence-electron chi connectivity index (χ4n) is 2.22. The van der Waals surface area contributed by atoms with Crippen molar-refractivity contribution in [3.05, 3.63) is 35.4 Å². The molecule has 1 aromatic rings. The molecule has 3 heteroatoms. The molecule has 104 valence electrons. The van der Waals surface area contributed by atoms with Crippen LogP contribution < -0.4 is 5.73 Å². The summed E-state index contributed by atoms with van der Waals surface area (Å²) in [4.78, 5) is 0. The Labute approximate surface area is 134 Å². The van der Waals surface area contributed by atoms with Gasteiger partial charge in [-0.25, -0.2) is 0 Å². The normalized spacial score (nSPS) is 12.9. The average Bonchev–Trinajstić information content (AvgIpc) is 2.29. The smallest absolute Gasteiger partial charge is 0.0474 e. The third-order valence-electron chi connectivity index (χ3n) is 3.28. The highest BCUT2D eigenvalue weighted by molar-refractivity contribution is 14.0. The van der Waals surface area contributed by atoms with Gasteiger partial charge in [0.1, 0.15) is 0 Å². The second kappa shape index (κ2) is 8.39. The zero-order chi connectivity index (χ0) is 12.9. The molecular formula is C15H25ClIN. The van der Waals surface area contributed by atoms with Gasteiger partial charge in [0, 0.05) is 17.3 Å². The van der Waals surface area contributed by atoms with Crippen LogP contribution in [0.4, 0.5) is 0 Å². The van der Waals surface area contributed by atoms with Crippen LogP contribution in [0.1, 0.15) is 57.1 Å². The van der Waals surface area contributed by atoms with Gasteiger partial charge in [0.25, 0.3) is 0 Å². The first-order valence-electron chi connectivity index (χ1n) is 6.42. The summed E-state index contributed by atoms with van der Waals surface area (Å²) in [6.07, 6.45) is 3.59. The van der Waals surface area contributed by atoms with E-state index in [1.807, 2.05) is 0 Å². The largest absolute Gasteiger partial charge is 0.325 e. The molecule has 1 atom stereocenters. The van der Waals surface area contributed by atoms with E-state index in [0.29, 0.717) is 11.8 Å². The summed E-state index contributed by atoms with van der Waals surface area (Å²) in [6.45, 7) is 6.45. The summed E-state index contributed by atoms with van der Waals surface area (Å²) in [7, 11) is 0. The SMILES string of the molecule is CCCCC(c1ccc(CCl)cc1)C(C)(C)N.I. The van der Waals surface area contributed by atoms with Crippen molar-refractivity contribution in [2.75, 3.05) is 0 Å². The minimum Gasteiger partial charge on any atom is -0.325 e. The molecule has 0 saturated carbocycles. The Bertz CT molecular complexity index is 329. The van der Waals surface area contributed by atoms with E-state index in [1.165, 1.54) is 24.0 Å². The third-order valence-corrected chi connectivity index (χ3v) is 3.59. The van der Waals surface area contributed by atoms with Gasteiger partial charge in [0.15, 0.2) is 0 Å². The van der Waals surface area contributed by atoms with Crippen LogP contribution in [-0.4, -0.2) is 5.54 Å². The number of rotatable bonds is 6. The first kappa shape index (κ1) is 18.2. The number of benzene rings is 1. The van der Waals surface area contributed by atoms with Gasteiger partial charge < -0.3 is 5.73 Å². The Kier molecular flexibility index (Phi) is 8.48. The molecule has 18 heavy (non-hydrogen) atoms. The van der Waals surface area contributed by atoms with Crippen LogP contribution in [-0.2, 0) is 5.88 Å². The van der Waals surface area contributed by atoms with Gasteiger partial charge in [-0.3, -0.25) is 0 Å². The van der Waals surface area contributed by atoms with E-state index in [0.717, 1.165) is 6.42 Å². The van der Waals surface area contributed by atoms with Crippen LogP contribution >= 0.6 is 35.6 Å². The lowest BCUT2D eigenvalue weighted by Crippen LogP contribution is -2.39. The molecule has 0 radical (unpaired) electrons. The number of halogens is 2. The van der Waals surface area contributed by atoms with Crippen molar-refractivity contribution < 1.29 is 0 Å². The first-order chi connectivity index (χ1) is 7.99. The molecule has 0 aliphatic heterocycles. The van der Waals surface area contributed by atoms with Crippen LogP contribution in [0.2, 0.25) is 0 Å². The van der Waals surface area contributed by atoms with Gasteiger partial charge >= 0.3 is 0 Å². The molecule has 0 aliphatic carbocycles. The molecule has 0 fully saturated rings. The van der Waals surface area contributed by atoms with E-state index < -0.39 is 0 Å². The predicted molar refractivity (Wildman–Crippen MR) is 91.9 cm³/mol. The zero-order valence-electron chi connectivity index (χ0n) is 11.6. The average molecular weight is 382 g/mol. The summed E-state index contributed by atoms with van der Waals surface area (Å²) < 4.78 is 0. The van der Waals surface area contributed by atoms with Crippen molar-refractivity contribution in [2.24, 2.45) is 5.73 Å². The van der Waals surface area contributed by atoms with Gasteiger partial charge in [-0.2, -0.15) is 0 Å². The second-order valence-corrected chi connectivity index (χ2v) is 5.66. The highest BCUT2D eigenvalue weighted by Crippen LogP contribution is 2.31. The lowest BCUT2D eigenvalue weighted by atomic mass is 9.79. The molecule has 1 nitrogen and oxygen atoms in total. The molecule has 0 aromatic heterocycles. The molecular weight excluding hydrogens is 357 g/mol. The lowest BCUT2D eigenvalue weighted by Gasteiger charge is -2.31. The first-order valence-corrected chi connectivity index (χ1v) is 6.96. The highest BCUT2D eigenvalue weighted by Gasteiger charge is 2.25. The molecule has 1 unspecified atom stereocenters. The number of unbranched alkanes of at least 4 members (excludes halogenated alkanes) is 1. The van der Waals surface area contributed by atoms with Gasteiger partial charge in [-0.05, 0) is 31.4 Å². The topological polar surface area (TPSA) is 26.0 Å². The number of nitrogens with two attached hydrogens (primary N) is 1. The molecule has 0 saturated heterocycles. The molecule has 0 bridgehead atoms. The number of alkyl halides is 1. The van der Waals surface area contributed by atoms with E-state index in [1.54, 1.807) is 0 Å². The molecule has 1 aromatic carbocycles. The Morgan fingerprint density at radius 1 is 1.22 bits per heavy atom. The lowest BCUT2D eigenvalue weighted by molar-refractivity contribution is 0.381.